The highest BCUT2D eigenvalue weighted by atomic mass is 16.3. The van der Waals surface area contributed by atoms with Gasteiger partial charge in [-0.1, -0.05) is 12.1 Å². The van der Waals surface area contributed by atoms with Gasteiger partial charge in [0.2, 0.25) is 5.91 Å². The molecule has 1 aromatic carbocycles. The van der Waals surface area contributed by atoms with Gasteiger partial charge >= 0.3 is 0 Å². The number of aliphatic hydroxyl groups is 1. The average molecular weight is 251 g/mol. The molecular weight excluding hydrogens is 234 g/mol. The molecule has 0 aliphatic rings. The molecule has 0 saturated carbocycles. The monoisotopic (exact) mass is 251 g/mol. The molecule has 6 N–H and O–H groups in total. The lowest BCUT2D eigenvalue weighted by Gasteiger charge is -2.16. The van der Waals surface area contributed by atoms with E-state index in [0.29, 0.717) is 23.1 Å². The second kappa shape index (κ2) is 6.73. The summed E-state index contributed by atoms with van der Waals surface area (Å²) in [5.41, 5.74) is 12.5. The second-order valence-corrected chi connectivity index (χ2v) is 3.88. The van der Waals surface area contributed by atoms with Crippen molar-refractivity contribution in [1.82, 2.24) is 5.32 Å². The summed E-state index contributed by atoms with van der Waals surface area (Å²) in [6.45, 7) is 0.0970. The third-order valence-electron chi connectivity index (χ3n) is 2.66. The fourth-order valence-electron chi connectivity index (χ4n) is 1.64. The minimum atomic E-state index is -0.644. The Morgan fingerprint density at radius 2 is 2.22 bits per heavy atom. The lowest BCUT2D eigenvalue weighted by Crippen LogP contribution is -2.41. The number of nitrogen functional groups attached to an aromatic ring is 1. The van der Waals surface area contributed by atoms with Gasteiger partial charge in [0.25, 0.3) is 0 Å². The standard InChI is InChI=1S/C12H17N3O3/c13-10-3-1-2-8(7-17)9(10)6-15-11(4-5-16)12(14)18/h1-3,7,11,15-16H,4-6,13H2,(H2,14,18). The Morgan fingerprint density at radius 1 is 1.50 bits per heavy atom. The number of primary amides is 1. The maximum Gasteiger partial charge on any atom is 0.234 e. The molecular formula is C12H17N3O3. The van der Waals surface area contributed by atoms with Crippen LogP contribution in [0.25, 0.3) is 0 Å². The Labute approximate surface area is 105 Å². The lowest BCUT2D eigenvalue weighted by atomic mass is 10.1. The maximum atomic E-state index is 11.1. The number of rotatable bonds is 7. The number of benzene rings is 1. The van der Waals surface area contributed by atoms with Crippen LogP contribution in [0.3, 0.4) is 0 Å². The van der Waals surface area contributed by atoms with Crippen LogP contribution < -0.4 is 16.8 Å². The van der Waals surface area contributed by atoms with Crippen LogP contribution in [0.1, 0.15) is 22.3 Å². The molecule has 18 heavy (non-hydrogen) atoms. The third-order valence-corrected chi connectivity index (χ3v) is 2.66. The Hall–Kier alpha value is -1.92. The van der Waals surface area contributed by atoms with E-state index in [-0.39, 0.29) is 19.6 Å². The van der Waals surface area contributed by atoms with Crippen molar-refractivity contribution < 1.29 is 14.7 Å². The van der Waals surface area contributed by atoms with E-state index in [2.05, 4.69) is 5.32 Å². The Balaban J connectivity index is 2.78. The molecule has 0 fully saturated rings. The van der Waals surface area contributed by atoms with Crippen LogP contribution in [-0.2, 0) is 11.3 Å². The first-order chi connectivity index (χ1) is 8.60. The van der Waals surface area contributed by atoms with Crippen molar-refractivity contribution in [2.45, 2.75) is 19.0 Å². The molecule has 0 bridgehead atoms. The fourth-order valence-corrected chi connectivity index (χ4v) is 1.64. The van der Waals surface area contributed by atoms with E-state index in [1.54, 1.807) is 18.2 Å². The van der Waals surface area contributed by atoms with Crippen molar-refractivity contribution in [3.63, 3.8) is 0 Å². The first kappa shape index (κ1) is 14.1. The summed E-state index contributed by atoms with van der Waals surface area (Å²) in [6.07, 6.45) is 0.928. The van der Waals surface area contributed by atoms with Crippen molar-refractivity contribution in [1.29, 1.82) is 0 Å². The number of nitrogens with one attached hydrogen (secondary N) is 1. The van der Waals surface area contributed by atoms with Crippen LogP contribution in [0.5, 0.6) is 0 Å². The van der Waals surface area contributed by atoms with Gasteiger partial charge in [-0.25, -0.2) is 0 Å². The molecule has 0 aliphatic carbocycles. The predicted molar refractivity (Wildman–Crippen MR) is 67.8 cm³/mol. The lowest BCUT2D eigenvalue weighted by molar-refractivity contribution is -0.120. The minimum Gasteiger partial charge on any atom is -0.398 e. The van der Waals surface area contributed by atoms with Crippen LogP contribution >= 0.6 is 0 Å². The second-order valence-electron chi connectivity index (χ2n) is 3.88. The van der Waals surface area contributed by atoms with Crippen molar-refractivity contribution in [2.75, 3.05) is 12.3 Å². The summed E-state index contributed by atoms with van der Waals surface area (Å²) in [7, 11) is 0. The first-order valence-electron chi connectivity index (χ1n) is 5.56. The summed E-state index contributed by atoms with van der Waals surface area (Å²) < 4.78 is 0. The molecule has 0 saturated heterocycles. The van der Waals surface area contributed by atoms with Gasteiger partial charge in [0.15, 0.2) is 0 Å². The van der Waals surface area contributed by atoms with Crippen LogP contribution in [-0.4, -0.2) is 29.9 Å². The number of carbonyl (C=O) groups is 2. The van der Waals surface area contributed by atoms with E-state index in [1.165, 1.54) is 0 Å². The highest BCUT2D eigenvalue weighted by Crippen LogP contribution is 2.15. The molecule has 0 spiro atoms. The molecule has 1 atom stereocenters. The topological polar surface area (TPSA) is 118 Å². The van der Waals surface area contributed by atoms with Crippen molar-refractivity contribution in [3.05, 3.63) is 29.3 Å². The molecule has 0 aliphatic heterocycles. The third kappa shape index (κ3) is 3.54. The number of aliphatic hydroxyl groups excluding tert-OH is 1. The summed E-state index contributed by atoms with van der Waals surface area (Å²) in [6, 6.07) is 4.36. The molecule has 1 aromatic rings. The van der Waals surface area contributed by atoms with Gasteiger partial charge in [-0.2, -0.15) is 0 Å². The molecule has 6 heteroatoms. The SMILES string of the molecule is NC(=O)C(CCO)NCc1c(N)cccc1C=O. The van der Waals surface area contributed by atoms with Gasteiger partial charge in [-0.3, -0.25) is 9.59 Å². The largest absolute Gasteiger partial charge is 0.398 e. The van der Waals surface area contributed by atoms with Gasteiger partial charge < -0.3 is 21.9 Å². The van der Waals surface area contributed by atoms with Crippen molar-refractivity contribution >= 4 is 17.9 Å². The zero-order valence-electron chi connectivity index (χ0n) is 9.93. The number of hydrogen-bond donors (Lipinski definition) is 4. The average Bonchev–Trinajstić information content (AvgIpc) is 2.35. The van der Waals surface area contributed by atoms with E-state index in [1.807, 2.05) is 0 Å². The Kier molecular flexibility index (Phi) is 5.29. The van der Waals surface area contributed by atoms with Crippen LogP contribution in [0.4, 0.5) is 5.69 Å². The van der Waals surface area contributed by atoms with Crippen LogP contribution in [0.2, 0.25) is 0 Å². The van der Waals surface area contributed by atoms with Gasteiger partial charge in [-0.05, 0) is 18.1 Å². The van der Waals surface area contributed by atoms with E-state index in [0.717, 1.165) is 0 Å². The van der Waals surface area contributed by atoms with Crippen molar-refractivity contribution in [3.8, 4) is 0 Å². The minimum absolute atomic E-state index is 0.147. The zero-order chi connectivity index (χ0) is 13.5. The molecule has 6 nitrogen and oxygen atoms in total. The van der Waals surface area contributed by atoms with Gasteiger partial charge in [-0.15, -0.1) is 0 Å². The molecule has 1 unspecified atom stereocenters. The predicted octanol–water partition coefficient (Wildman–Crippen LogP) is -0.593. The molecule has 98 valence electrons. The van der Waals surface area contributed by atoms with Gasteiger partial charge in [0, 0.05) is 24.4 Å². The Bertz CT molecular complexity index is 435. The zero-order valence-corrected chi connectivity index (χ0v) is 9.93. The molecule has 0 radical (unpaired) electrons. The summed E-state index contributed by atoms with van der Waals surface area (Å²) in [5.74, 6) is -0.550. The number of carbonyl (C=O) groups excluding carboxylic acids is 2. The molecule has 0 aromatic heterocycles. The number of aldehydes is 1. The summed E-state index contributed by atoms with van der Waals surface area (Å²) in [4.78, 5) is 22.0. The number of nitrogens with two attached hydrogens (primary N) is 2. The van der Waals surface area contributed by atoms with Gasteiger partial charge in [0.1, 0.15) is 6.29 Å². The molecule has 1 rings (SSSR count). The maximum absolute atomic E-state index is 11.1. The van der Waals surface area contributed by atoms with Crippen LogP contribution in [0, 0.1) is 0 Å². The van der Waals surface area contributed by atoms with E-state index < -0.39 is 11.9 Å². The first-order valence-corrected chi connectivity index (χ1v) is 5.56. The summed E-state index contributed by atoms with van der Waals surface area (Å²) >= 11 is 0. The smallest absolute Gasteiger partial charge is 0.234 e. The Morgan fingerprint density at radius 3 is 2.78 bits per heavy atom. The number of anilines is 1. The quantitative estimate of drug-likeness (QED) is 0.381. The van der Waals surface area contributed by atoms with E-state index in [4.69, 9.17) is 16.6 Å². The highest BCUT2D eigenvalue weighted by molar-refractivity contribution is 5.81. The van der Waals surface area contributed by atoms with Gasteiger partial charge in [0.05, 0.1) is 6.04 Å². The molecule has 1 amide bonds. The number of hydrogen-bond acceptors (Lipinski definition) is 5. The highest BCUT2D eigenvalue weighted by Gasteiger charge is 2.15. The van der Waals surface area contributed by atoms with E-state index >= 15 is 0 Å². The van der Waals surface area contributed by atoms with Crippen LogP contribution in [0.15, 0.2) is 18.2 Å². The summed E-state index contributed by atoms with van der Waals surface area (Å²) in [5, 5.41) is 11.7. The van der Waals surface area contributed by atoms with Crippen molar-refractivity contribution in [2.24, 2.45) is 5.73 Å². The number of amides is 1. The fraction of sp³-hybridized carbons (Fsp3) is 0.333. The normalized spacial score (nSPS) is 12.1. The molecule has 0 heterocycles. The van der Waals surface area contributed by atoms with E-state index in [9.17, 15) is 9.59 Å².